The molecular weight excluding hydrogens is 443 g/mol. The molecule has 2 heterocycles. The summed E-state index contributed by atoms with van der Waals surface area (Å²) in [5.74, 6) is 0. The van der Waals surface area contributed by atoms with Crippen molar-refractivity contribution >= 4 is 0 Å². The Morgan fingerprint density at radius 3 is 2.34 bits per heavy atom. The molecule has 0 saturated carbocycles. The summed E-state index contributed by atoms with van der Waals surface area (Å²) in [5.41, 5.74) is 2.60. The molecule has 35 heavy (non-hydrogen) atoms. The largest absolute Gasteiger partial charge is 0.390 e. The minimum absolute atomic E-state index is 0.0642. The zero-order valence-corrected chi connectivity index (χ0v) is 20.8. The fraction of sp³-hybridized carbons (Fsp3) is 0.414. The van der Waals surface area contributed by atoms with Gasteiger partial charge in [0.1, 0.15) is 13.4 Å². The van der Waals surface area contributed by atoms with Gasteiger partial charge in [0.15, 0.2) is 0 Å². The smallest absolute Gasteiger partial charge is 0.250 e. The number of aryl methyl sites for hydroxylation is 1. The molecule has 0 spiro atoms. The average molecular weight is 479 g/mol. The minimum atomic E-state index is -0.841. The third kappa shape index (κ3) is 5.89. The van der Waals surface area contributed by atoms with E-state index in [9.17, 15) is 14.3 Å². The Morgan fingerprint density at radius 1 is 1.06 bits per heavy atom. The van der Waals surface area contributed by atoms with Crippen LogP contribution in [0, 0.1) is 0 Å². The zero-order chi connectivity index (χ0) is 25.1. The molecule has 2 aromatic carbocycles. The molecule has 0 radical (unpaired) electrons. The highest BCUT2D eigenvalue weighted by atomic mass is 19.1. The van der Waals surface area contributed by atoms with Crippen LogP contribution < -0.4 is 5.56 Å². The van der Waals surface area contributed by atoms with Crippen LogP contribution in [0.2, 0.25) is 0 Å². The molecule has 0 bridgehead atoms. The van der Waals surface area contributed by atoms with Crippen LogP contribution in [0.4, 0.5) is 4.39 Å². The maximum absolute atomic E-state index is 12.7. The van der Waals surface area contributed by atoms with E-state index in [2.05, 4.69) is 36.1 Å². The second kappa shape index (κ2) is 10.4. The first-order valence-corrected chi connectivity index (χ1v) is 12.2. The van der Waals surface area contributed by atoms with Crippen LogP contribution >= 0.6 is 0 Å². The van der Waals surface area contributed by atoms with Crippen LogP contribution in [-0.4, -0.2) is 40.1 Å². The number of nitrogens with zero attached hydrogens (tertiary/aromatic N) is 2. The zero-order valence-electron chi connectivity index (χ0n) is 20.8. The molecule has 0 amide bonds. The SMILES string of the molecule is C[C@@H](c1ccc(-c2ccc(=O)n(CCF)c2)cc1)N1CC[C@](CC(C)(C)O)(c2ccccc2)OC1. The molecule has 4 rings (SSSR count). The van der Waals surface area contributed by atoms with E-state index >= 15 is 0 Å². The molecular formula is C29H35FN2O3. The number of alkyl halides is 1. The molecule has 1 aliphatic heterocycles. The Balaban J connectivity index is 1.48. The van der Waals surface area contributed by atoms with Gasteiger partial charge in [0.25, 0.3) is 5.56 Å². The summed E-state index contributed by atoms with van der Waals surface area (Å²) in [6.45, 7) is 6.66. The van der Waals surface area contributed by atoms with Crippen LogP contribution in [0.25, 0.3) is 11.1 Å². The number of hydrogen-bond acceptors (Lipinski definition) is 4. The molecule has 6 heteroatoms. The predicted octanol–water partition coefficient (Wildman–Crippen LogP) is 5.28. The number of aromatic nitrogens is 1. The lowest BCUT2D eigenvalue weighted by molar-refractivity contribution is -0.177. The van der Waals surface area contributed by atoms with E-state index in [0.717, 1.165) is 29.7 Å². The van der Waals surface area contributed by atoms with Gasteiger partial charge in [-0.25, -0.2) is 4.39 Å². The fourth-order valence-electron chi connectivity index (χ4n) is 5.02. The van der Waals surface area contributed by atoms with Gasteiger partial charge in [-0.15, -0.1) is 0 Å². The Morgan fingerprint density at radius 2 is 1.74 bits per heavy atom. The summed E-state index contributed by atoms with van der Waals surface area (Å²) in [5, 5.41) is 10.6. The van der Waals surface area contributed by atoms with Crippen LogP contribution in [0.3, 0.4) is 0 Å². The first-order valence-electron chi connectivity index (χ1n) is 12.2. The molecule has 2 atom stereocenters. The average Bonchev–Trinajstić information content (AvgIpc) is 2.85. The molecule has 0 aliphatic carbocycles. The van der Waals surface area contributed by atoms with E-state index in [1.165, 1.54) is 16.2 Å². The molecule has 1 aromatic heterocycles. The number of halogens is 1. The lowest BCUT2D eigenvalue weighted by Crippen LogP contribution is -2.48. The second-order valence-corrected chi connectivity index (χ2v) is 10.1. The molecule has 3 aromatic rings. The number of benzene rings is 2. The van der Waals surface area contributed by atoms with Crippen molar-refractivity contribution in [3.05, 3.63) is 94.4 Å². The summed E-state index contributed by atoms with van der Waals surface area (Å²) in [6.07, 6.45) is 3.04. The van der Waals surface area contributed by atoms with Gasteiger partial charge in [-0.3, -0.25) is 9.69 Å². The summed E-state index contributed by atoms with van der Waals surface area (Å²) in [4.78, 5) is 14.2. The summed E-state index contributed by atoms with van der Waals surface area (Å²) in [7, 11) is 0. The number of hydrogen-bond donors (Lipinski definition) is 1. The first-order chi connectivity index (χ1) is 16.7. The lowest BCUT2D eigenvalue weighted by atomic mass is 9.80. The third-order valence-corrected chi connectivity index (χ3v) is 6.91. The fourth-order valence-corrected chi connectivity index (χ4v) is 5.02. The Kier molecular flexibility index (Phi) is 7.55. The van der Waals surface area contributed by atoms with E-state index < -0.39 is 17.9 Å². The van der Waals surface area contributed by atoms with Gasteiger partial charge in [-0.2, -0.15) is 0 Å². The van der Waals surface area contributed by atoms with Crippen molar-refractivity contribution in [3.63, 3.8) is 0 Å². The first kappa shape index (κ1) is 25.3. The maximum atomic E-state index is 12.7. The molecule has 0 unspecified atom stereocenters. The summed E-state index contributed by atoms with van der Waals surface area (Å²) < 4.78 is 20.7. The lowest BCUT2D eigenvalue weighted by Gasteiger charge is -2.46. The van der Waals surface area contributed by atoms with Crippen LogP contribution in [0.5, 0.6) is 0 Å². The highest BCUT2D eigenvalue weighted by Crippen LogP contribution is 2.41. The minimum Gasteiger partial charge on any atom is -0.390 e. The van der Waals surface area contributed by atoms with Crippen molar-refractivity contribution in [3.8, 4) is 11.1 Å². The Bertz CT molecular complexity index is 1160. The van der Waals surface area contributed by atoms with Crippen molar-refractivity contribution in [2.75, 3.05) is 20.0 Å². The predicted molar refractivity (Wildman–Crippen MR) is 137 cm³/mol. The van der Waals surface area contributed by atoms with Crippen molar-refractivity contribution in [1.82, 2.24) is 9.47 Å². The van der Waals surface area contributed by atoms with Gasteiger partial charge in [-0.05, 0) is 55.5 Å². The highest BCUT2D eigenvalue weighted by Gasteiger charge is 2.42. The van der Waals surface area contributed by atoms with Crippen LogP contribution in [0.15, 0.2) is 77.7 Å². The van der Waals surface area contributed by atoms with Gasteiger partial charge in [-0.1, -0.05) is 54.6 Å². The Hall–Kier alpha value is -2.80. The molecule has 5 nitrogen and oxygen atoms in total. The Labute approximate surface area is 206 Å². The summed E-state index contributed by atoms with van der Waals surface area (Å²) >= 11 is 0. The molecule has 1 saturated heterocycles. The van der Waals surface area contributed by atoms with Crippen molar-refractivity contribution < 1.29 is 14.2 Å². The number of pyridine rings is 1. The third-order valence-electron chi connectivity index (χ3n) is 6.91. The van der Waals surface area contributed by atoms with Gasteiger partial charge < -0.3 is 14.4 Å². The van der Waals surface area contributed by atoms with Crippen molar-refractivity contribution in [2.24, 2.45) is 0 Å². The quantitative estimate of drug-likeness (QED) is 0.479. The molecule has 1 fully saturated rings. The molecule has 186 valence electrons. The maximum Gasteiger partial charge on any atom is 0.250 e. The molecule has 1 aliphatic rings. The second-order valence-electron chi connectivity index (χ2n) is 10.1. The van der Waals surface area contributed by atoms with Gasteiger partial charge in [0.05, 0.1) is 17.7 Å². The van der Waals surface area contributed by atoms with Gasteiger partial charge >= 0.3 is 0 Å². The van der Waals surface area contributed by atoms with Gasteiger partial charge in [0.2, 0.25) is 0 Å². The standard InChI is InChI=1S/C29H35FN2O3/c1-22(23-9-11-24(12-10-23)25-13-14-27(33)31(19-25)18-16-30)32-17-15-29(35-21-32,20-28(2,3)34)26-7-5-4-6-8-26/h4-14,19,22,34H,15-18,20-21H2,1-3H3/t22-,29-/m0/s1. The van der Waals surface area contributed by atoms with Crippen LogP contribution in [0.1, 0.15) is 50.8 Å². The van der Waals surface area contributed by atoms with Crippen LogP contribution in [-0.2, 0) is 16.9 Å². The normalized spacial score (nSPS) is 20.0. The molecule has 1 N–H and O–H groups in total. The van der Waals surface area contributed by atoms with E-state index in [0.29, 0.717) is 13.2 Å². The van der Waals surface area contributed by atoms with Gasteiger partial charge in [0, 0.05) is 31.3 Å². The number of rotatable bonds is 8. The van der Waals surface area contributed by atoms with E-state index in [-0.39, 0.29) is 18.1 Å². The van der Waals surface area contributed by atoms with E-state index in [1.807, 2.05) is 44.2 Å². The highest BCUT2D eigenvalue weighted by molar-refractivity contribution is 5.62. The number of aliphatic hydroxyl groups is 1. The van der Waals surface area contributed by atoms with Crippen molar-refractivity contribution in [2.45, 2.75) is 57.4 Å². The number of ether oxygens (including phenoxy) is 1. The monoisotopic (exact) mass is 478 g/mol. The van der Waals surface area contributed by atoms with E-state index in [1.54, 1.807) is 12.3 Å². The topological polar surface area (TPSA) is 54.7 Å². The van der Waals surface area contributed by atoms with E-state index in [4.69, 9.17) is 4.74 Å². The summed E-state index contributed by atoms with van der Waals surface area (Å²) in [6, 6.07) is 21.9. The van der Waals surface area contributed by atoms with Crippen molar-refractivity contribution in [1.29, 1.82) is 0 Å².